The molecule has 0 aromatic heterocycles. The molecule has 9 heavy (non-hydrogen) atoms. The summed E-state index contributed by atoms with van der Waals surface area (Å²) in [4.78, 5) is 0. The van der Waals surface area contributed by atoms with Crippen LogP contribution in [0.25, 0.3) is 0 Å². The van der Waals surface area contributed by atoms with Crippen molar-refractivity contribution in [3.05, 3.63) is 12.7 Å². The first-order valence-corrected chi connectivity index (χ1v) is 3.20. The van der Waals surface area contributed by atoms with Crippen LogP contribution in [0.5, 0.6) is 0 Å². The van der Waals surface area contributed by atoms with Crippen molar-refractivity contribution in [2.45, 2.75) is 19.1 Å². The minimum atomic E-state index is 0.0961. The Balaban J connectivity index is 2.38. The average molecular weight is 128 g/mol. The van der Waals surface area contributed by atoms with Gasteiger partial charge in [-0.1, -0.05) is 6.08 Å². The number of hydrogen-bond acceptors (Lipinski definition) is 2. The second kappa shape index (κ2) is 2.99. The number of hydrogen-bond donors (Lipinski definition) is 0. The minimum absolute atomic E-state index is 0.0961. The van der Waals surface area contributed by atoms with Crippen molar-refractivity contribution >= 4 is 0 Å². The Morgan fingerprint density at radius 1 is 1.44 bits per heavy atom. The molecule has 0 radical (unpaired) electrons. The van der Waals surface area contributed by atoms with E-state index in [1.807, 2.05) is 6.92 Å². The molecular weight excluding hydrogens is 116 g/mol. The fourth-order valence-electron chi connectivity index (χ4n) is 0.908. The smallest absolute Gasteiger partial charge is 0.101 e. The van der Waals surface area contributed by atoms with Gasteiger partial charge in [-0.15, -0.1) is 6.58 Å². The highest BCUT2D eigenvalue weighted by atomic mass is 16.6. The highest BCUT2D eigenvalue weighted by Crippen LogP contribution is 2.09. The molecule has 1 heterocycles. The van der Waals surface area contributed by atoms with Gasteiger partial charge in [0, 0.05) is 0 Å². The lowest BCUT2D eigenvalue weighted by Gasteiger charge is -2.26. The molecule has 0 amide bonds. The summed E-state index contributed by atoms with van der Waals surface area (Å²) in [6.45, 7) is 7.03. The van der Waals surface area contributed by atoms with Crippen molar-refractivity contribution < 1.29 is 9.47 Å². The van der Waals surface area contributed by atoms with E-state index in [2.05, 4.69) is 6.58 Å². The van der Waals surface area contributed by atoms with Crippen molar-refractivity contribution in [2.24, 2.45) is 0 Å². The van der Waals surface area contributed by atoms with Crippen molar-refractivity contribution in [1.82, 2.24) is 0 Å². The first kappa shape index (κ1) is 6.78. The van der Waals surface area contributed by atoms with Crippen LogP contribution in [0.2, 0.25) is 0 Å². The van der Waals surface area contributed by atoms with Gasteiger partial charge in [-0.3, -0.25) is 0 Å². The molecule has 0 aromatic carbocycles. The lowest BCUT2D eigenvalue weighted by Crippen LogP contribution is -2.34. The SMILES string of the molecule is C=CC1OCCOC1C. The zero-order chi connectivity index (χ0) is 6.69. The maximum atomic E-state index is 5.30. The van der Waals surface area contributed by atoms with E-state index in [4.69, 9.17) is 9.47 Å². The second-order valence-electron chi connectivity index (χ2n) is 2.15. The Morgan fingerprint density at radius 3 is 2.56 bits per heavy atom. The minimum Gasteiger partial charge on any atom is -0.373 e. The summed E-state index contributed by atoms with van der Waals surface area (Å²) in [6.07, 6.45) is 2.05. The Bertz CT molecular complexity index is 101. The first-order valence-electron chi connectivity index (χ1n) is 3.20. The standard InChI is InChI=1S/C7H12O2/c1-3-7-6(2)8-4-5-9-7/h3,6-7H,1,4-5H2,2H3. The predicted octanol–water partition coefficient (Wildman–Crippen LogP) is 0.976. The summed E-state index contributed by atoms with van der Waals surface area (Å²) in [5, 5.41) is 0. The maximum absolute atomic E-state index is 5.30. The van der Waals surface area contributed by atoms with E-state index in [0.29, 0.717) is 13.2 Å². The van der Waals surface area contributed by atoms with E-state index in [1.54, 1.807) is 6.08 Å². The predicted molar refractivity (Wildman–Crippen MR) is 35.4 cm³/mol. The van der Waals surface area contributed by atoms with Gasteiger partial charge in [0.15, 0.2) is 0 Å². The van der Waals surface area contributed by atoms with Crippen molar-refractivity contribution in [1.29, 1.82) is 0 Å². The van der Waals surface area contributed by atoms with Gasteiger partial charge in [-0.25, -0.2) is 0 Å². The fourth-order valence-corrected chi connectivity index (χ4v) is 0.908. The van der Waals surface area contributed by atoms with Crippen LogP contribution >= 0.6 is 0 Å². The summed E-state index contributed by atoms with van der Waals surface area (Å²) in [7, 11) is 0. The molecule has 2 nitrogen and oxygen atoms in total. The van der Waals surface area contributed by atoms with Crippen LogP contribution in [0.3, 0.4) is 0 Å². The number of ether oxygens (including phenoxy) is 2. The molecule has 0 N–H and O–H groups in total. The van der Waals surface area contributed by atoms with Crippen LogP contribution in [0, 0.1) is 0 Å². The maximum Gasteiger partial charge on any atom is 0.101 e. The molecule has 0 saturated carbocycles. The van der Waals surface area contributed by atoms with Crippen LogP contribution in [0.15, 0.2) is 12.7 Å². The molecule has 1 rings (SSSR count). The molecule has 2 heteroatoms. The highest BCUT2D eigenvalue weighted by molar-refractivity contribution is 4.86. The van der Waals surface area contributed by atoms with Crippen LogP contribution in [0.4, 0.5) is 0 Å². The summed E-state index contributed by atoms with van der Waals surface area (Å²) >= 11 is 0. The van der Waals surface area contributed by atoms with Gasteiger partial charge >= 0.3 is 0 Å². The Kier molecular flexibility index (Phi) is 2.25. The third-order valence-corrected chi connectivity index (χ3v) is 1.47. The van der Waals surface area contributed by atoms with Gasteiger partial charge in [-0.2, -0.15) is 0 Å². The topological polar surface area (TPSA) is 18.5 Å². The monoisotopic (exact) mass is 128 g/mol. The molecule has 1 fully saturated rings. The normalized spacial score (nSPS) is 36.1. The molecule has 0 aliphatic carbocycles. The Labute approximate surface area is 55.5 Å². The second-order valence-corrected chi connectivity index (χ2v) is 2.15. The molecule has 52 valence electrons. The van der Waals surface area contributed by atoms with E-state index in [-0.39, 0.29) is 12.2 Å². The summed E-state index contributed by atoms with van der Waals surface area (Å²) in [5.74, 6) is 0. The van der Waals surface area contributed by atoms with Crippen LogP contribution < -0.4 is 0 Å². The lowest BCUT2D eigenvalue weighted by molar-refractivity contribution is -0.113. The Hall–Kier alpha value is -0.340. The van der Waals surface area contributed by atoms with E-state index in [9.17, 15) is 0 Å². The first-order chi connectivity index (χ1) is 4.34. The van der Waals surface area contributed by atoms with Crippen LogP contribution in [0.1, 0.15) is 6.92 Å². The molecule has 1 aliphatic rings. The molecule has 1 saturated heterocycles. The third-order valence-electron chi connectivity index (χ3n) is 1.47. The van der Waals surface area contributed by atoms with Crippen LogP contribution in [-0.2, 0) is 9.47 Å². The van der Waals surface area contributed by atoms with Gasteiger partial charge in [-0.05, 0) is 6.92 Å². The lowest BCUT2D eigenvalue weighted by atomic mass is 10.2. The summed E-state index contributed by atoms with van der Waals surface area (Å²) < 4.78 is 10.6. The molecule has 2 unspecified atom stereocenters. The average Bonchev–Trinajstić information content (AvgIpc) is 1.89. The molecular formula is C7H12O2. The largest absolute Gasteiger partial charge is 0.373 e. The van der Waals surface area contributed by atoms with E-state index >= 15 is 0 Å². The van der Waals surface area contributed by atoms with E-state index in [0.717, 1.165) is 0 Å². The van der Waals surface area contributed by atoms with E-state index < -0.39 is 0 Å². The van der Waals surface area contributed by atoms with Gasteiger partial charge in [0.2, 0.25) is 0 Å². The van der Waals surface area contributed by atoms with Crippen LogP contribution in [-0.4, -0.2) is 25.4 Å². The summed E-state index contributed by atoms with van der Waals surface area (Å²) in [5.41, 5.74) is 0. The fraction of sp³-hybridized carbons (Fsp3) is 0.714. The van der Waals surface area contributed by atoms with Crippen molar-refractivity contribution in [2.75, 3.05) is 13.2 Å². The zero-order valence-electron chi connectivity index (χ0n) is 5.67. The quantitative estimate of drug-likeness (QED) is 0.490. The van der Waals surface area contributed by atoms with E-state index in [1.165, 1.54) is 0 Å². The third kappa shape index (κ3) is 1.53. The van der Waals surface area contributed by atoms with Gasteiger partial charge in [0.1, 0.15) is 6.10 Å². The zero-order valence-corrected chi connectivity index (χ0v) is 5.67. The molecule has 1 aliphatic heterocycles. The number of rotatable bonds is 1. The Morgan fingerprint density at radius 2 is 2.11 bits per heavy atom. The van der Waals surface area contributed by atoms with Gasteiger partial charge in [0.05, 0.1) is 19.3 Å². The van der Waals surface area contributed by atoms with Crippen molar-refractivity contribution in [3.8, 4) is 0 Å². The molecule has 0 spiro atoms. The van der Waals surface area contributed by atoms with Crippen molar-refractivity contribution in [3.63, 3.8) is 0 Å². The summed E-state index contributed by atoms with van der Waals surface area (Å²) in [6, 6.07) is 0. The molecule has 0 aromatic rings. The van der Waals surface area contributed by atoms with Gasteiger partial charge in [0.25, 0.3) is 0 Å². The highest BCUT2D eigenvalue weighted by Gasteiger charge is 2.18. The van der Waals surface area contributed by atoms with Gasteiger partial charge < -0.3 is 9.47 Å². The molecule has 0 bridgehead atoms. The molecule has 2 atom stereocenters.